The van der Waals surface area contributed by atoms with E-state index in [1.165, 1.54) is 5.56 Å². The molecule has 2 bridgehead atoms. The minimum Gasteiger partial charge on any atom is -0.496 e. The second kappa shape index (κ2) is 7.56. The molecule has 2 unspecified atom stereocenters. The average Bonchev–Trinajstić information content (AvgIpc) is 2.68. The van der Waals surface area contributed by atoms with Gasteiger partial charge in [-0.2, -0.15) is 0 Å². The number of fused-ring (bicyclic) bond motifs is 2. The quantitative estimate of drug-likeness (QED) is 0.775. The molecule has 0 amide bonds. The smallest absolute Gasteiger partial charge is 0.171 e. The molecule has 0 saturated carbocycles. The van der Waals surface area contributed by atoms with E-state index in [0.29, 0.717) is 24.5 Å². The molecule has 2 aliphatic heterocycles. The molecule has 1 aromatic carbocycles. The fourth-order valence-electron chi connectivity index (χ4n) is 4.22. The van der Waals surface area contributed by atoms with Crippen LogP contribution in [0.5, 0.6) is 5.75 Å². The zero-order valence-electron chi connectivity index (χ0n) is 15.0. The Kier molecular flexibility index (Phi) is 5.00. The van der Waals surface area contributed by atoms with E-state index in [-0.39, 0.29) is 23.8 Å². The van der Waals surface area contributed by atoms with Crippen molar-refractivity contribution in [1.82, 2.24) is 9.88 Å². The molecule has 5 nitrogen and oxygen atoms in total. The van der Waals surface area contributed by atoms with Crippen LogP contribution < -0.4 is 4.74 Å². The number of hydrogen-bond donors (Lipinski definition) is 0. The summed E-state index contributed by atoms with van der Waals surface area (Å²) in [6.45, 7) is 2.30. The van der Waals surface area contributed by atoms with Crippen molar-refractivity contribution in [3.63, 3.8) is 0 Å². The predicted octanol–water partition coefficient (Wildman–Crippen LogP) is 2.95. The highest BCUT2D eigenvalue weighted by molar-refractivity contribution is 6.00. The summed E-state index contributed by atoms with van der Waals surface area (Å²) in [6, 6.07) is 12.8. The van der Waals surface area contributed by atoms with Crippen molar-refractivity contribution in [1.29, 1.82) is 0 Å². The van der Waals surface area contributed by atoms with Crippen LogP contribution in [0.2, 0.25) is 0 Å². The van der Waals surface area contributed by atoms with Crippen molar-refractivity contribution in [2.45, 2.75) is 31.5 Å². The van der Waals surface area contributed by atoms with Crippen LogP contribution in [0.1, 0.15) is 28.8 Å². The molecule has 0 N–H and O–H groups in total. The molecule has 136 valence electrons. The van der Waals surface area contributed by atoms with Crippen molar-refractivity contribution in [2.24, 2.45) is 5.92 Å². The third-order valence-corrected chi connectivity index (χ3v) is 5.52. The standard InChI is InChI=1S/C21H24N2O3/c1-25-20-7-8-22-11-19(20)21(24)16-9-17-13-26-14-18(10-16)23(17)12-15-5-3-2-4-6-15/h2-8,11,16-18H,9-10,12-14H2,1H3. The Balaban J connectivity index is 1.51. The number of piperidine rings is 1. The summed E-state index contributed by atoms with van der Waals surface area (Å²) in [5.74, 6) is 0.753. The van der Waals surface area contributed by atoms with Crippen LogP contribution in [0.15, 0.2) is 48.8 Å². The Morgan fingerprint density at radius 3 is 2.62 bits per heavy atom. The Morgan fingerprint density at radius 1 is 1.19 bits per heavy atom. The van der Waals surface area contributed by atoms with Gasteiger partial charge >= 0.3 is 0 Å². The van der Waals surface area contributed by atoms with Gasteiger partial charge in [0.1, 0.15) is 5.75 Å². The minimum atomic E-state index is -0.000904. The van der Waals surface area contributed by atoms with Gasteiger partial charge in [0.05, 0.1) is 25.9 Å². The Hall–Kier alpha value is -2.24. The van der Waals surface area contributed by atoms with Gasteiger partial charge in [0.25, 0.3) is 0 Å². The molecule has 26 heavy (non-hydrogen) atoms. The van der Waals surface area contributed by atoms with Gasteiger partial charge in [0.2, 0.25) is 0 Å². The number of ketones is 1. The number of carbonyl (C=O) groups excluding carboxylic acids is 1. The largest absolute Gasteiger partial charge is 0.496 e. The lowest BCUT2D eigenvalue weighted by molar-refractivity contribution is -0.0873. The highest BCUT2D eigenvalue weighted by atomic mass is 16.5. The third kappa shape index (κ3) is 3.37. The molecule has 2 saturated heterocycles. The monoisotopic (exact) mass is 352 g/mol. The number of pyridine rings is 1. The van der Waals surface area contributed by atoms with Crippen molar-refractivity contribution in [3.8, 4) is 5.75 Å². The minimum absolute atomic E-state index is 0.000904. The van der Waals surface area contributed by atoms with Crippen molar-refractivity contribution in [3.05, 3.63) is 59.9 Å². The van der Waals surface area contributed by atoms with E-state index < -0.39 is 0 Å². The number of methoxy groups -OCH3 is 1. The Morgan fingerprint density at radius 2 is 1.92 bits per heavy atom. The number of morpholine rings is 1. The molecular formula is C21H24N2O3. The maximum absolute atomic E-state index is 13.1. The molecule has 3 heterocycles. The first-order chi connectivity index (χ1) is 12.8. The van der Waals surface area contributed by atoms with Crippen molar-refractivity contribution >= 4 is 5.78 Å². The van der Waals surface area contributed by atoms with Crippen LogP contribution in [-0.2, 0) is 11.3 Å². The number of rotatable bonds is 5. The van der Waals surface area contributed by atoms with Gasteiger partial charge in [-0.15, -0.1) is 0 Å². The fourth-order valence-corrected chi connectivity index (χ4v) is 4.22. The Labute approximate surface area is 153 Å². The van der Waals surface area contributed by atoms with E-state index in [1.54, 1.807) is 25.6 Å². The van der Waals surface area contributed by atoms with Gasteiger partial charge in [-0.1, -0.05) is 30.3 Å². The fraction of sp³-hybridized carbons (Fsp3) is 0.429. The van der Waals surface area contributed by atoms with E-state index in [1.807, 2.05) is 6.07 Å². The van der Waals surface area contributed by atoms with E-state index in [2.05, 4.69) is 34.1 Å². The summed E-state index contributed by atoms with van der Waals surface area (Å²) < 4.78 is 11.1. The van der Waals surface area contributed by atoms with Gasteiger partial charge in [0.15, 0.2) is 5.78 Å². The number of Topliss-reactive ketones (excluding diaryl/α,β-unsaturated/α-hetero) is 1. The van der Waals surface area contributed by atoms with Crippen LogP contribution in [0.3, 0.4) is 0 Å². The summed E-state index contributed by atoms with van der Waals surface area (Å²) in [4.78, 5) is 19.7. The first-order valence-electron chi connectivity index (χ1n) is 9.16. The lowest BCUT2D eigenvalue weighted by Gasteiger charge is -2.48. The first-order valence-corrected chi connectivity index (χ1v) is 9.16. The van der Waals surface area contributed by atoms with Gasteiger partial charge in [-0.05, 0) is 24.5 Å². The van der Waals surface area contributed by atoms with Gasteiger partial charge in [0, 0.05) is 36.9 Å². The second-order valence-corrected chi connectivity index (χ2v) is 7.11. The summed E-state index contributed by atoms with van der Waals surface area (Å²) >= 11 is 0. The van der Waals surface area contributed by atoms with Crippen LogP contribution in [-0.4, -0.2) is 48.1 Å². The van der Waals surface area contributed by atoms with Gasteiger partial charge in [-0.25, -0.2) is 0 Å². The summed E-state index contributed by atoms with van der Waals surface area (Å²) in [7, 11) is 1.59. The number of nitrogens with zero attached hydrogens (tertiary/aromatic N) is 2. The molecule has 2 aliphatic rings. The number of carbonyl (C=O) groups is 1. The highest BCUT2D eigenvalue weighted by Crippen LogP contribution is 2.35. The van der Waals surface area contributed by atoms with E-state index >= 15 is 0 Å². The molecule has 0 spiro atoms. The Bertz CT molecular complexity index is 751. The second-order valence-electron chi connectivity index (χ2n) is 7.11. The molecule has 2 aromatic rings. The third-order valence-electron chi connectivity index (χ3n) is 5.52. The number of ether oxygens (including phenoxy) is 2. The van der Waals surface area contributed by atoms with Crippen LogP contribution in [0.25, 0.3) is 0 Å². The number of aromatic nitrogens is 1. The predicted molar refractivity (Wildman–Crippen MR) is 98.2 cm³/mol. The molecule has 5 heteroatoms. The first kappa shape index (κ1) is 17.2. The molecule has 2 fully saturated rings. The molecule has 1 aromatic heterocycles. The lowest BCUT2D eigenvalue weighted by Crippen LogP contribution is -2.57. The van der Waals surface area contributed by atoms with E-state index in [9.17, 15) is 4.79 Å². The highest BCUT2D eigenvalue weighted by Gasteiger charge is 2.41. The molecule has 2 atom stereocenters. The van der Waals surface area contributed by atoms with E-state index in [4.69, 9.17) is 9.47 Å². The molecule has 0 aliphatic carbocycles. The van der Waals surface area contributed by atoms with Crippen LogP contribution in [0, 0.1) is 5.92 Å². The van der Waals surface area contributed by atoms with Gasteiger partial charge in [-0.3, -0.25) is 14.7 Å². The number of hydrogen-bond acceptors (Lipinski definition) is 5. The number of benzene rings is 1. The normalized spacial score (nSPS) is 25.7. The van der Waals surface area contributed by atoms with Gasteiger partial charge < -0.3 is 9.47 Å². The van der Waals surface area contributed by atoms with Crippen molar-refractivity contribution < 1.29 is 14.3 Å². The topological polar surface area (TPSA) is 51.7 Å². The molecule has 4 rings (SSSR count). The maximum Gasteiger partial charge on any atom is 0.171 e. The zero-order valence-corrected chi connectivity index (χ0v) is 15.0. The average molecular weight is 352 g/mol. The lowest BCUT2D eigenvalue weighted by atomic mass is 9.80. The SMILES string of the molecule is COc1ccncc1C(=O)C1CC2COCC(C1)N2Cc1ccccc1. The van der Waals surface area contributed by atoms with Crippen LogP contribution in [0.4, 0.5) is 0 Å². The maximum atomic E-state index is 13.1. The van der Waals surface area contributed by atoms with Crippen LogP contribution >= 0.6 is 0 Å². The summed E-state index contributed by atoms with van der Waals surface area (Å²) in [5, 5.41) is 0. The van der Waals surface area contributed by atoms with Crippen molar-refractivity contribution in [2.75, 3.05) is 20.3 Å². The summed E-state index contributed by atoms with van der Waals surface area (Å²) in [5.41, 5.74) is 1.90. The zero-order chi connectivity index (χ0) is 17.9. The summed E-state index contributed by atoms with van der Waals surface area (Å²) in [6.07, 6.45) is 4.92. The van der Waals surface area contributed by atoms with E-state index in [0.717, 1.165) is 19.4 Å². The molecular weight excluding hydrogens is 328 g/mol. The molecule has 0 radical (unpaired) electrons.